The number of ether oxygens (including phenoxy) is 1. The van der Waals surface area contributed by atoms with Crippen molar-refractivity contribution in [3.8, 4) is 17.0 Å². The van der Waals surface area contributed by atoms with Crippen LogP contribution in [0, 0.1) is 0 Å². The zero-order valence-corrected chi connectivity index (χ0v) is 17.9. The molecule has 1 aromatic carbocycles. The minimum atomic E-state index is -4.72. The van der Waals surface area contributed by atoms with Gasteiger partial charge in [-0.25, -0.2) is 0 Å². The quantitative estimate of drug-likeness (QED) is 0.422. The summed E-state index contributed by atoms with van der Waals surface area (Å²) in [7, 11) is 1.56. The lowest BCUT2D eigenvalue weighted by Crippen LogP contribution is -2.19. The average molecular weight is 451 g/mol. The van der Waals surface area contributed by atoms with Crippen LogP contribution in [0.5, 0.6) is 5.75 Å². The van der Waals surface area contributed by atoms with Crippen LogP contribution in [0.25, 0.3) is 11.3 Å². The molecule has 0 amide bonds. The molecule has 1 atom stereocenters. The molecule has 0 N–H and O–H groups in total. The highest BCUT2D eigenvalue weighted by molar-refractivity contribution is 7.90. The van der Waals surface area contributed by atoms with Crippen molar-refractivity contribution < 1.29 is 22.5 Å². The van der Waals surface area contributed by atoms with E-state index in [2.05, 4.69) is 9.97 Å². The van der Waals surface area contributed by atoms with E-state index in [1.807, 2.05) is 25.1 Å². The summed E-state index contributed by atoms with van der Waals surface area (Å²) in [6.45, 7) is 2.19. The molecule has 10 heteroatoms. The monoisotopic (exact) mass is 451 g/mol. The highest BCUT2D eigenvalue weighted by atomic mass is 32.2. The number of benzene rings is 1. The van der Waals surface area contributed by atoms with E-state index in [9.17, 15) is 22.5 Å². The van der Waals surface area contributed by atoms with Gasteiger partial charge in [-0.05, 0) is 35.7 Å². The van der Waals surface area contributed by atoms with Crippen LogP contribution < -0.4 is 10.3 Å². The Morgan fingerprint density at radius 3 is 2.52 bits per heavy atom. The fraction of sp³-hybridized carbons (Fsp3) is 0.286. The van der Waals surface area contributed by atoms with Crippen molar-refractivity contribution >= 4 is 11.2 Å². The standard InChI is InChI=1S/C21H20F3N3O3S/c1-4-14-6-5-13(9-17(14)30-2)11-27-12-15(7-8-19(27)28)16-10-18(21(22,23)24)26-20(25-16)31(3)29/h5-10,12H,4,11H2,1-3H3. The third kappa shape index (κ3) is 5.26. The highest BCUT2D eigenvalue weighted by Gasteiger charge is 2.35. The topological polar surface area (TPSA) is 80.1 Å². The molecule has 31 heavy (non-hydrogen) atoms. The van der Waals surface area contributed by atoms with Gasteiger partial charge in [0.15, 0.2) is 5.69 Å². The third-order valence-electron chi connectivity index (χ3n) is 4.62. The van der Waals surface area contributed by atoms with Gasteiger partial charge in [0, 0.05) is 29.0 Å². The molecule has 0 aliphatic rings. The molecule has 3 rings (SSSR count). The molecule has 0 saturated carbocycles. The maximum absolute atomic E-state index is 13.2. The first-order valence-electron chi connectivity index (χ1n) is 9.28. The fourth-order valence-electron chi connectivity index (χ4n) is 3.03. The summed E-state index contributed by atoms with van der Waals surface area (Å²) in [5.41, 5.74) is 0.499. The van der Waals surface area contributed by atoms with E-state index in [-0.39, 0.29) is 23.4 Å². The minimum absolute atomic E-state index is 0.0693. The normalized spacial score (nSPS) is 12.6. The number of halogens is 3. The second kappa shape index (κ2) is 9.11. The van der Waals surface area contributed by atoms with E-state index in [0.717, 1.165) is 23.6 Å². The van der Waals surface area contributed by atoms with Crippen LogP contribution in [0.3, 0.4) is 0 Å². The maximum atomic E-state index is 13.2. The number of alkyl halides is 3. The summed E-state index contributed by atoms with van der Waals surface area (Å²) in [5.74, 6) is 0.699. The fourth-order valence-corrected chi connectivity index (χ4v) is 3.48. The minimum Gasteiger partial charge on any atom is -0.609 e. The summed E-state index contributed by atoms with van der Waals surface area (Å²) in [4.78, 5) is 19.7. The Morgan fingerprint density at radius 1 is 1.16 bits per heavy atom. The van der Waals surface area contributed by atoms with E-state index in [1.54, 1.807) is 7.11 Å². The van der Waals surface area contributed by atoms with Crippen molar-refractivity contribution in [3.63, 3.8) is 0 Å². The number of pyridine rings is 1. The lowest BCUT2D eigenvalue weighted by Gasteiger charge is -2.13. The van der Waals surface area contributed by atoms with Crippen LogP contribution >= 0.6 is 0 Å². The number of aromatic nitrogens is 3. The average Bonchev–Trinajstić information content (AvgIpc) is 2.74. The number of nitrogens with zero attached hydrogens (tertiary/aromatic N) is 3. The number of methoxy groups -OCH3 is 1. The largest absolute Gasteiger partial charge is 0.609 e. The van der Waals surface area contributed by atoms with Gasteiger partial charge in [0.05, 0.1) is 19.3 Å². The Hall–Kier alpha value is -2.85. The molecule has 0 spiro atoms. The van der Waals surface area contributed by atoms with Crippen molar-refractivity contribution in [2.75, 3.05) is 13.4 Å². The van der Waals surface area contributed by atoms with E-state index in [0.29, 0.717) is 5.75 Å². The molecule has 6 nitrogen and oxygen atoms in total. The summed E-state index contributed by atoms with van der Waals surface area (Å²) in [5, 5.41) is -0.428. The first kappa shape index (κ1) is 22.8. The first-order valence-corrected chi connectivity index (χ1v) is 10.8. The summed E-state index contributed by atoms with van der Waals surface area (Å²) >= 11 is -1.81. The maximum Gasteiger partial charge on any atom is 0.433 e. The van der Waals surface area contributed by atoms with Crippen LogP contribution in [0.4, 0.5) is 13.2 Å². The van der Waals surface area contributed by atoms with Crippen molar-refractivity contribution in [2.45, 2.75) is 31.2 Å². The second-order valence-corrected chi connectivity index (χ2v) is 8.03. The van der Waals surface area contributed by atoms with Gasteiger partial charge in [-0.3, -0.25) is 4.79 Å². The summed E-state index contributed by atoms with van der Waals surface area (Å²) in [6, 6.07) is 9.01. The number of rotatable bonds is 6. The SMILES string of the molecule is CCc1ccc(Cn2cc(-c3cc(C(F)(F)F)nc([S+](C)[O-])n3)ccc2=O)cc1OC. The van der Waals surface area contributed by atoms with Gasteiger partial charge in [0.25, 0.3) is 5.56 Å². The molecule has 2 heterocycles. The zero-order valence-electron chi connectivity index (χ0n) is 17.1. The molecule has 0 saturated heterocycles. The van der Waals surface area contributed by atoms with Crippen LogP contribution in [0.15, 0.2) is 52.5 Å². The van der Waals surface area contributed by atoms with Gasteiger partial charge in [-0.1, -0.05) is 19.1 Å². The predicted molar refractivity (Wildman–Crippen MR) is 111 cm³/mol. The number of hydrogen-bond acceptors (Lipinski definition) is 5. The van der Waals surface area contributed by atoms with Gasteiger partial charge in [0.2, 0.25) is 0 Å². The molecule has 164 valence electrons. The molecular weight excluding hydrogens is 431 g/mol. The molecule has 0 bridgehead atoms. The molecule has 0 aliphatic carbocycles. The van der Waals surface area contributed by atoms with Crippen molar-refractivity contribution in [1.82, 2.24) is 14.5 Å². The van der Waals surface area contributed by atoms with Gasteiger partial charge >= 0.3 is 11.3 Å². The van der Waals surface area contributed by atoms with Gasteiger partial charge in [0.1, 0.15) is 12.0 Å². The molecule has 0 aliphatic heterocycles. The van der Waals surface area contributed by atoms with Crippen molar-refractivity contribution in [1.29, 1.82) is 0 Å². The lowest BCUT2D eigenvalue weighted by atomic mass is 10.1. The van der Waals surface area contributed by atoms with E-state index >= 15 is 0 Å². The first-order chi connectivity index (χ1) is 14.6. The molecule has 3 aromatic rings. The molecular formula is C21H20F3N3O3S. The second-order valence-electron chi connectivity index (χ2n) is 6.76. The Labute approximate surface area is 179 Å². The molecule has 2 aromatic heterocycles. The van der Waals surface area contributed by atoms with Crippen LogP contribution in [0.1, 0.15) is 23.7 Å². The van der Waals surface area contributed by atoms with Crippen molar-refractivity contribution in [3.05, 3.63) is 69.8 Å². The summed E-state index contributed by atoms with van der Waals surface area (Å²) in [6.07, 6.45) is -1.31. The molecule has 0 radical (unpaired) electrons. The number of aryl methyl sites for hydroxylation is 1. The summed E-state index contributed by atoms with van der Waals surface area (Å²) < 4.78 is 58.2. The zero-order chi connectivity index (χ0) is 22.8. The molecule has 1 unspecified atom stereocenters. The van der Waals surface area contributed by atoms with Crippen LogP contribution in [-0.2, 0) is 30.3 Å². The Balaban J connectivity index is 2.04. The highest BCUT2D eigenvalue weighted by Crippen LogP contribution is 2.31. The predicted octanol–water partition coefficient (Wildman–Crippen LogP) is 3.68. The van der Waals surface area contributed by atoms with Crippen LogP contribution in [-0.4, -0.2) is 32.5 Å². The third-order valence-corrected chi connectivity index (χ3v) is 5.31. The van der Waals surface area contributed by atoms with Gasteiger partial charge in [-0.15, -0.1) is 0 Å². The number of hydrogen-bond donors (Lipinski definition) is 0. The lowest BCUT2D eigenvalue weighted by molar-refractivity contribution is -0.141. The Kier molecular flexibility index (Phi) is 6.71. The van der Waals surface area contributed by atoms with E-state index < -0.39 is 28.2 Å². The Bertz CT molecular complexity index is 1150. The van der Waals surface area contributed by atoms with Crippen LogP contribution in [0.2, 0.25) is 0 Å². The Morgan fingerprint density at radius 2 is 1.90 bits per heavy atom. The van der Waals surface area contributed by atoms with E-state index in [4.69, 9.17) is 4.74 Å². The van der Waals surface area contributed by atoms with Crippen molar-refractivity contribution in [2.24, 2.45) is 0 Å². The van der Waals surface area contributed by atoms with Gasteiger partial charge < -0.3 is 13.9 Å². The van der Waals surface area contributed by atoms with Gasteiger partial charge in [-0.2, -0.15) is 23.1 Å². The smallest absolute Gasteiger partial charge is 0.433 e. The molecule has 0 fully saturated rings. The van der Waals surface area contributed by atoms with E-state index in [1.165, 1.54) is 29.2 Å².